The van der Waals surface area contributed by atoms with Gasteiger partial charge in [-0.15, -0.1) is 0 Å². The highest BCUT2D eigenvalue weighted by Crippen LogP contribution is 2.25. The van der Waals surface area contributed by atoms with Crippen molar-refractivity contribution >= 4 is 23.2 Å². The fraction of sp³-hybridized carbons (Fsp3) is 0.647. The van der Waals surface area contributed by atoms with Gasteiger partial charge in [0.25, 0.3) is 0 Å². The first-order valence-corrected chi connectivity index (χ1v) is 8.70. The summed E-state index contributed by atoms with van der Waals surface area (Å²) in [5.41, 5.74) is 1.18. The number of hydrogen-bond acceptors (Lipinski definition) is 2. The molecule has 1 aliphatic heterocycles. The van der Waals surface area contributed by atoms with Gasteiger partial charge in [-0.1, -0.05) is 49.5 Å². The van der Waals surface area contributed by atoms with Crippen LogP contribution < -0.4 is 5.32 Å². The fourth-order valence-corrected chi connectivity index (χ4v) is 3.37. The molecule has 0 amide bonds. The zero-order valence-electron chi connectivity index (χ0n) is 13.0. The Balaban J connectivity index is 1.94. The Hall–Kier alpha value is -0.280. The third kappa shape index (κ3) is 5.45. The molecule has 0 aliphatic carbocycles. The molecular weight excluding hydrogens is 303 g/mol. The van der Waals surface area contributed by atoms with Crippen LogP contribution in [0.1, 0.15) is 38.7 Å². The SMILES string of the molecule is CC(C)CNCC1CCCCN1Cc1ccc(Cl)cc1Cl. The van der Waals surface area contributed by atoms with Crippen molar-refractivity contribution < 1.29 is 0 Å². The Morgan fingerprint density at radius 2 is 2.10 bits per heavy atom. The van der Waals surface area contributed by atoms with Crippen molar-refractivity contribution in [1.82, 2.24) is 10.2 Å². The van der Waals surface area contributed by atoms with E-state index in [9.17, 15) is 0 Å². The van der Waals surface area contributed by atoms with Crippen LogP contribution in [0.2, 0.25) is 10.0 Å². The van der Waals surface area contributed by atoms with Crippen molar-refractivity contribution in [3.63, 3.8) is 0 Å². The molecule has 118 valence electrons. The molecule has 1 N–H and O–H groups in total. The quantitative estimate of drug-likeness (QED) is 0.821. The van der Waals surface area contributed by atoms with Crippen molar-refractivity contribution in [2.75, 3.05) is 19.6 Å². The van der Waals surface area contributed by atoms with Gasteiger partial charge >= 0.3 is 0 Å². The first-order chi connectivity index (χ1) is 10.1. The number of halogens is 2. The molecular formula is C17H26Cl2N2. The van der Waals surface area contributed by atoms with E-state index in [1.54, 1.807) is 0 Å². The van der Waals surface area contributed by atoms with Gasteiger partial charge in [0.1, 0.15) is 0 Å². The van der Waals surface area contributed by atoms with Crippen LogP contribution in [0.15, 0.2) is 18.2 Å². The minimum Gasteiger partial charge on any atom is -0.315 e. The molecule has 4 heteroatoms. The van der Waals surface area contributed by atoms with Crippen LogP contribution in [-0.2, 0) is 6.54 Å². The van der Waals surface area contributed by atoms with Gasteiger partial charge in [-0.25, -0.2) is 0 Å². The molecule has 0 saturated carbocycles. The van der Waals surface area contributed by atoms with E-state index in [2.05, 4.69) is 30.1 Å². The normalized spacial score (nSPS) is 20.1. The number of nitrogens with one attached hydrogen (secondary N) is 1. The van der Waals surface area contributed by atoms with Gasteiger partial charge in [0.2, 0.25) is 0 Å². The largest absolute Gasteiger partial charge is 0.315 e. The molecule has 2 nitrogen and oxygen atoms in total. The van der Waals surface area contributed by atoms with Crippen molar-refractivity contribution in [1.29, 1.82) is 0 Å². The topological polar surface area (TPSA) is 15.3 Å². The molecule has 2 rings (SSSR count). The van der Waals surface area contributed by atoms with E-state index in [4.69, 9.17) is 23.2 Å². The summed E-state index contributed by atoms with van der Waals surface area (Å²) in [6.45, 7) is 8.74. The highest BCUT2D eigenvalue weighted by atomic mass is 35.5. The van der Waals surface area contributed by atoms with Gasteiger partial charge in [-0.2, -0.15) is 0 Å². The molecule has 1 saturated heterocycles. The standard InChI is InChI=1S/C17H26Cl2N2/c1-13(2)10-20-11-16-5-3-4-8-21(16)12-14-6-7-15(18)9-17(14)19/h6-7,9,13,16,20H,3-5,8,10-12H2,1-2H3. The Bertz CT molecular complexity index is 448. The lowest BCUT2D eigenvalue weighted by Gasteiger charge is -2.36. The van der Waals surface area contributed by atoms with Crippen LogP contribution >= 0.6 is 23.2 Å². The predicted octanol–water partition coefficient (Wildman–Crippen LogP) is 4.59. The highest BCUT2D eigenvalue weighted by Gasteiger charge is 2.22. The van der Waals surface area contributed by atoms with Crippen molar-refractivity contribution in [2.45, 2.75) is 45.7 Å². The van der Waals surface area contributed by atoms with Crippen molar-refractivity contribution in [2.24, 2.45) is 5.92 Å². The monoisotopic (exact) mass is 328 g/mol. The zero-order valence-corrected chi connectivity index (χ0v) is 14.6. The molecule has 0 bridgehead atoms. The van der Waals surface area contributed by atoms with E-state index >= 15 is 0 Å². The number of hydrogen-bond donors (Lipinski definition) is 1. The average Bonchev–Trinajstić information content (AvgIpc) is 2.43. The summed E-state index contributed by atoms with van der Waals surface area (Å²) >= 11 is 12.3. The first kappa shape index (κ1) is 17.1. The van der Waals surface area contributed by atoms with Crippen LogP contribution in [0.4, 0.5) is 0 Å². The summed E-state index contributed by atoms with van der Waals surface area (Å²) in [5, 5.41) is 5.08. The average molecular weight is 329 g/mol. The summed E-state index contributed by atoms with van der Waals surface area (Å²) in [6, 6.07) is 6.44. The lowest BCUT2D eigenvalue weighted by Crippen LogP contribution is -2.45. The maximum atomic E-state index is 6.32. The molecule has 1 atom stereocenters. The number of nitrogens with zero attached hydrogens (tertiary/aromatic N) is 1. The summed E-state index contributed by atoms with van der Waals surface area (Å²) < 4.78 is 0. The van der Waals surface area contributed by atoms with E-state index in [-0.39, 0.29) is 0 Å². The molecule has 1 heterocycles. The van der Waals surface area contributed by atoms with E-state index in [0.717, 1.165) is 31.2 Å². The molecule has 1 aliphatic rings. The number of benzene rings is 1. The van der Waals surface area contributed by atoms with Gasteiger partial charge < -0.3 is 5.32 Å². The predicted molar refractivity (Wildman–Crippen MR) is 92.2 cm³/mol. The molecule has 1 fully saturated rings. The maximum Gasteiger partial charge on any atom is 0.0465 e. The first-order valence-electron chi connectivity index (χ1n) is 7.95. The van der Waals surface area contributed by atoms with Gasteiger partial charge in [0.05, 0.1) is 0 Å². The van der Waals surface area contributed by atoms with Gasteiger partial charge in [0, 0.05) is 29.2 Å². The maximum absolute atomic E-state index is 6.32. The highest BCUT2D eigenvalue weighted by molar-refractivity contribution is 6.35. The molecule has 1 aromatic rings. The summed E-state index contributed by atoms with van der Waals surface area (Å²) in [6.07, 6.45) is 3.89. The van der Waals surface area contributed by atoms with E-state index in [1.807, 2.05) is 12.1 Å². The molecule has 1 unspecified atom stereocenters. The number of likely N-dealkylation sites (tertiary alicyclic amines) is 1. The lowest BCUT2D eigenvalue weighted by molar-refractivity contribution is 0.137. The molecule has 0 aromatic heterocycles. The van der Waals surface area contributed by atoms with Crippen molar-refractivity contribution in [3.05, 3.63) is 33.8 Å². The van der Waals surface area contributed by atoms with Crippen LogP contribution in [0.3, 0.4) is 0 Å². The second-order valence-electron chi connectivity index (χ2n) is 6.41. The molecule has 1 aromatic carbocycles. The Morgan fingerprint density at radius 1 is 1.29 bits per heavy atom. The Morgan fingerprint density at radius 3 is 2.81 bits per heavy atom. The van der Waals surface area contributed by atoms with Gasteiger partial charge in [-0.3, -0.25) is 4.90 Å². The van der Waals surface area contributed by atoms with Crippen molar-refractivity contribution in [3.8, 4) is 0 Å². The van der Waals surface area contributed by atoms with Crippen LogP contribution in [0.5, 0.6) is 0 Å². The fourth-order valence-electron chi connectivity index (χ4n) is 2.91. The summed E-state index contributed by atoms with van der Waals surface area (Å²) in [4.78, 5) is 2.56. The summed E-state index contributed by atoms with van der Waals surface area (Å²) in [7, 11) is 0. The Labute approximate surface area is 138 Å². The van der Waals surface area contributed by atoms with Gasteiger partial charge in [0.15, 0.2) is 0 Å². The third-order valence-electron chi connectivity index (χ3n) is 4.07. The van der Waals surface area contributed by atoms with Crippen LogP contribution in [0, 0.1) is 5.92 Å². The lowest BCUT2D eigenvalue weighted by atomic mass is 10.0. The van der Waals surface area contributed by atoms with E-state index < -0.39 is 0 Å². The smallest absolute Gasteiger partial charge is 0.0465 e. The molecule has 21 heavy (non-hydrogen) atoms. The second-order valence-corrected chi connectivity index (χ2v) is 7.25. The zero-order chi connectivity index (χ0) is 15.2. The minimum atomic E-state index is 0.615. The van der Waals surface area contributed by atoms with Crippen LogP contribution in [-0.4, -0.2) is 30.6 Å². The van der Waals surface area contributed by atoms with Crippen LogP contribution in [0.25, 0.3) is 0 Å². The molecule has 0 radical (unpaired) electrons. The third-order valence-corrected chi connectivity index (χ3v) is 4.66. The minimum absolute atomic E-state index is 0.615. The van der Waals surface area contributed by atoms with E-state index in [0.29, 0.717) is 17.0 Å². The Kier molecular flexibility index (Phi) is 6.81. The number of rotatable bonds is 6. The number of piperidine rings is 1. The second kappa shape index (κ2) is 8.38. The molecule has 0 spiro atoms. The van der Waals surface area contributed by atoms with E-state index in [1.165, 1.54) is 24.8 Å². The summed E-state index contributed by atoms with van der Waals surface area (Å²) in [5.74, 6) is 0.702. The van der Waals surface area contributed by atoms with Gasteiger partial charge in [-0.05, 0) is 49.5 Å².